The van der Waals surface area contributed by atoms with Gasteiger partial charge in [-0.05, 0) is 43.5 Å². The van der Waals surface area contributed by atoms with Crippen molar-refractivity contribution < 1.29 is 13.2 Å². The summed E-state index contributed by atoms with van der Waals surface area (Å²) < 4.78 is 31.8. The summed E-state index contributed by atoms with van der Waals surface area (Å²) in [6.07, 6.45) is 0.660. The molecule has 0 amide bonds. The fraction of sp³-hybridized carbons (Fsp3) is 0.538. The molecule has 0 radical (unpaired) electrons. The molecule has 0 atom stereocenters. The Labute approximate surface area is 115 Å². The fourth-order valence-corrected chi connectivity index (χ4v) is 2.83. The lowest BCUT2D eigenvalue weighted by atomic mass is 10.1. The first kappa shape index (κ1) is 16.1. The maximum Gasteiger partial charge on any atom is 0.240 e. The Bertz CT molecular complexity index is 501. The van der Waals surface area contributed by atoms with Gasteiger partial charge in [0.15, 0.2) is 0 Å². The Morgan fingerprint density at radius 1 is 1.37 bits per heavy atom. The van der Waals surface area contributed by atoms with Gasteiger partial charge in [-0.3, -0.25) is 0 Å². The minimum atomic E-state index is -3.44. The van der Waals surface area contributed by atoms with E-state index in [1.807, 2.05) is 13.8 Å². The summed E-state index contributed by atoms with van der Waals surface area (Å²) in [7, 11) is -3.44. The first-order valence-corrected chi connectivity index (χ1v) is 7.86. The molecule has 3 N–H and O–H groups in total. The first-order chi connectivity index (χ1) is 9.01. The van der Waals surface area contributed by atoms with Crippen LogP contribution in [0.5, 0.6) is 0 Å². The van der Waals surface area contributed by atoms with Crippen molar-refractivity contribution in [3.63, 3.8) is 0 Å². The van der Waals surface area contributed by atoms with Gasteiger partial charge in [-0.15, -0.1) is 0 Å². The summed E-state index contributed by atoms with van der Waals surface area (Å²) >= 11 is 0. The molecule has 5 nitrogen and oxygen atoms in total. The van der Waals surface area contributed by atoms with Crippen LogP contribution in [0.3, 0.4) is 0 Å². The van der Waals surface area contributed by atoms with Crippen molar-refractivity contribution in [3.8, 4) is 0 Å². The van der Waals surface area contributed by atoms with Gasteiger partial charge in [0.1, 0.15) is 0 Å². The zero-order chi connectivity index (χ0) is 14.3. The molecular weight excluding hydrogens is 264 g/mol. The van der Waals surface area contributed by atoms with E-state index in [2.05, 4.69) is 4.72 Å². The molecule has 0 unspecified atom stereocenters. The summed E-state index contributed by atoms with van der Waals surface area (Å²) in [6.45, 7) is 5.76. The Balaban J connectivity index is 2.64. The largest absolute Gasteiger partial charge is 0.382 e. The third-order valence-electron chi connectivity index (χ3n) is 2.81. The van der Waals surface area contributed by atoms with Crippen LogP contribution in [0, 0.1) is 6.92 Å². The zero-order valence-electron chi connectivity index (χ0n) is 11.5. The molecule has 0 aliphatic heterocycles. The molecule has 0 fully saturated rings. The molecule has 0 saturated carbocycles. The quantitative estimate of drug-likeness (QED) is 0.703. The molecular formula is C13H22N2O3S. The predicted molar refractivity (Wildman–Crippen MR) is 75.4 cm³/mol. The predicted octanol–water partition coefficient (Wildman–Crippen LogP) is 1.16. The van der Waals surface area contributed by atoms with Crippen LogP contribution < -0.4 is 10.5 Å². The molecule has 1 aromatic rings. The van der Waals surface area contributed by atoms with Crippen LogP contribution in [0.15, 0.2) is 23.1 Å². The second-order valence-corrected chi connectivity index (χ2v) is 6.01. The number of sulfonamides is 1. The van der Waals surface area contributed by atoms with E-state index in [0.29, 0.717) is 32.7 Å². The van der Waals surface area contributed by atoms with Crippen molar-refractivity contribution in [1.82, 2.24) is 4.72 Å². The Kier molecular flexibility index (Phi) is 6.44. The first-order valence-electron chi connectivity index (χ1n) is 6.38. The second kappa shape index (κ2) is 7.59. The van der Waals surface area contributed by atoms with Gasteiger partial charge in [0, 0.05) is 26.3 Å². The summed E-state index contributed by atoms with van der Waals surface area (Å²) in [5, 5.41) is 0. The van der Waals surface area contributed by atoms with Crippen LogP contribution in [0.2, 0.25) is 0 Å². The topological polar surface area (TPSA) is 81.4 Å². The van der Waals surface area contributed by atoms with E-state index in [0.717, 1.165) is 11.1 Å². The lowest BCUT2D eigenvalue weighted by molar-refractivity contribution is 0.146. The monoisotopic (exact) mass is 286 g/mol. The molecule has 0 aliphatic carbocycles. The van der Waals surface area contributed by atoms with E-state index >= 15 is 0 Å². The van der Waals surface area contributed by atoms with Gasteiger partial charge < -0.3 is 10.5 Å². The average Bonchev–Trinajstić information content (AvgIpc) is 2.38. The lowest BCUT2D eigenvalue weighted by Gasteiger charge is -2.09. The summed E-state index contributed by atoms with van der Waals surface area (Å²) in [6, 6.07) is 4.98. The lowest BCUT2D eigenvalue weighted by Crippen LogP contribution is -2.25. The highest BCUT2D eigenvalue weighted by atomic mass is 32.2. The number of nitrogens with two attached hydrogens (primary N) is 1. The Morgan fingerprint density at radius 3 is 2.68 bits per heavy atom. The highest BCUT2D eigenvalue weighted by Gasteiger charge is 2.14. The second-order valence-electron chi connectivity index (χ2n) is 4.24. The minimum absolute atomic E-state index is 0.276. The maximum absolute atomic E-state index is 12.0. The molecule has 1 rings (SSSR count). The molecule has 1 aromatic carbocycles. The van der Waals surface area contributed by atoms with E-state index in [-0.39, 0.29) is 4.90 Å². The number of hydrogen-bond donors (Lipinski definition) is 2. The third-order valence-corrected chi connectivity index (χ3v) is 4.26. The Hall–Kier alpha value is -0.950. The standard InChI is InChI=1S/C13H22N2O3S/c1-3-18-8-4-7-15-19(16,17)13-6-5-12(10-14)11(2)9-13/h5-6,9,15H,3-4,7-8,10,14H2,1-2H3. The van der Waals surface area contributed by atoms with Crippen molar-refractivity contribution in [3.05, 3.63) is 29.3 Å². The van der Waals surface area contributed by atoms with Crippen molar-refractivity contribution in [1.29, 1.82) is 0 Å². The molecule has 108 valence electrons. The van der Waals surface area contributed by atoms with Gasteiger partial charge >= 0.3 is 0 Å². The van der Waals surface area contributed by atoms with Crippen LogP contribution >= 0.6 is 0 Å². The van der Waals surface area contributed by atoms with Gasteiger partial charge in [0.25, 0.3) is 0 Å². The summed E-state index contributed by atoms with van der Waals surface area (Å²) in [4.78, 5) is 0.276. The molecule has 0 saturated heterocycles. The van der Waals surface area contributed by atoms with Crippen LogP contribution in [0.4, 0.5) is 0 Å². The van der Waals surface area contributed by atoms with E-state index in [1.54, 1.807) is 18.2 Å². The number of hydrogen-bond acceptors (Lipinski definition) is 4. The number of ether oxygens (including phenoxy) is 1. The van der Waals surface area contributed by atoms with Crippen LogP contribution in [-0.4, -0.2) is 28.2 Å². The Morgan fingerprint density at radius 2 is 2.11 bits per heavy atom. The number of benzene rings is 1. The maximum atomic E-state index is 12.0. The summed E-state index contributed by atoms with van der Waals surface area (Å²) in [5.41, 5.74) is 7.40. The molecule has 0 spiro atoms. The average molecular weight is 286 g/mol. The smallest absolute Gasteiger partial charge is 0.240 e. The highest BCUT2D eigenvalue weighted by Crippen LogP contribution is 2.14. The van der Waals surface area contributed by atoms with Crippen molar-refractivity contribution in [2.75, 3.05) is 19.8 Å². The van der Waals surface area contributed by atoms with Gasteiger partial charge in [-0.1, -0.05) is 6.07 Å². The zero-order valence-corrected chi connectivity index (χ0v) is 12.3. The fourth-order valence-electron chi connectivity index (χ4n) is 1.67. The van der Waals surface area contributed by atoms with E-state index in [9.17, 15) is 8.42 Å². The van der Waals surface area contributed by atoms with Crippen molar-refractivity contribution in [2.24, 2.45) is 5.73 Å². The normalized spacial score (nSPS) is 11.7. The summed E-state index contributed by atoms with van der Waals surface area (Å²) in [5.74, 6) is 0. The van der Waals surface area contributed by atoms with Crippen LogP contribution in [0.25, 0.3) is 0 Å². The molecule has 0 heterocycles. The molecule has 0 bridgehead atoms. The molecule has 0 aliphatic rings. The van der Waals surface area contributed by atoms with Gasteiger partial charge in [-0.25, -0.2) is 13.1 Å². The number of aryl methyl sites for hydroxylation is 1. The van der Waals surface area contributed by atoms with Crippen molar-refractivity contribution in [2.45, 2.75) is 31.7 Å². The van der Waals surface area contributed by atoms with Crippen molar-refractivity contribution >= 4 is 10.0 Å². The van der Waals surface area contributed by atoms with Gasteiger partial charge in [0.2, 0.25) is 10.0 Å². The third kappa shape index (κ3) is 4.91. The number of rotatable bonds is 8. The SMILES string of the molecule is CCOCCCNS(=O)(=O)c1ccc(CN)c(C)c1. The molecule has 6 heteroatoms. The van der Waals surface area contributed by atoms with E-state index < -0.39 is 10.0 Å². The van der Waals surface area contributed by atoms with Crippen LogP contribution in [0.1, 0.15) is 24.5 Å². The highest BCUT2D eigenvalue weighted by molar-refractivity contribution is 7.89. The van der Waals surface area contributed by atoms with Gasteiger partial charge in [0.05, 0.1) is 4.90 Å². The van der Waals surface area contributed by atoms with Crippen LogP contribution in [-0.2, 0) is 21.3 Å². The van der Waals surface area contributed by atoms with E-state index in [4.69, 9.17) is 10.5 Å². The molecule has 19 heavy (non-hydrogen) atoms. The van der Waals surface area contributed by atoms with Gasteiger partial charge in [-0.2, -0.15) is 0 Å². The van der Waals surface area contributed by atoms with E-state index in [1.165, 1.54) is 0 Å². The molecule has 0 aromatic heterocycles. The minimum Gasteiger partial charge on any atom is -0.382 e. The number of nitrogens with one attached hydrogen (secondary N) is 1.